The van der Waals surface area contributed by atoms with Gasteiger partial charge >= 0.3 is 5.69 Å². The first-order valence-corrected chi connectivity index (χ1v) is 12.9. The molecule has 0 unspecified atom stereocenters. The van der Waals surface area contributed by atoms with Gasteiger partial charge in [0.25, 0.3) is 0 Å². The highest BCUT2D eigenvalue weighted by molar-refractivity contribution is 7.22. The summed E-state index contributed by atoms with van der Waals surface area (Å²) in [4.78, 5) is 36.0. The van der Waals surface area contributed by atoms with Gasteiger partial charge in [-0.25, -0.2) is 28.1 Å². The molecular weight excluding hydrogens is 528 g/mol. The molecule has 6 rings (SSSR count). The minimum Gasteiger partial charge on any atom is -0.386 e. The number of aromatic amines is 1. The quantitative estimate of drug-likeness (QED) is 0.296. The van der Waals surface area contributed by atoms with Gasteiger partial charge < -0.3 is 15.3 Å². The zero-order valence-corrected chi connectivity index (χ0v) is 21.7. The molecule has 4 aromatic heterocycles. The van der Waals surface area contributed by atoms with Gasteiger partial charge in [-0.1, -0.05) is 11.3 Å². The maximum atomic E-state index is 14.0. The van der Waals surface area contributed by atoms with E-state index in [9.17, 15) is 23.5 Å². The van der Waals surface area contributed by atoms with Crippen LogP contribution in [-0.4, -0.2) is 54.3 Å². The molecule has 1 amide bonds. The Morgan fingerprint density at radius 1 is 1.21 bits per heavy atom. The maximum absolute atomic E-state index is 14.0. The fourth-order valence-electron chi connectivity index (χ4n) is 4.90. The van der Waals surface area contributed by atoms with Gasteiger partial charge in [-0.15, -0.1) is 0 Å². The van der Waals surface area contributed by atoms with E-state index >= 15 is 0 Å². The summed E-state index contributed by atoms with van der Waals surface area (Å²) in [6.45, 7) is 3.98. The lowest BCUT2D eigenvalue weighted by Gasteiger charge is -2.43. The van der Waals surface area contributed by atoms with Gasteiger partial charge in [0.2, 0.25) is 5.91 Å². The molecule has 10 nitrogen and oxygen atoms in total. The number of nitrogens with one attached hydrogen (secondary N) is 2. The van der Waals surface area contributed by atoms with Crippen LogP contribution in [0.1, 0.15) is 31.1 Å². The minimum atomic E-state index is -0.786. The van der Waals surface area contributed by atoms with Gasteiger partial charge in [0, 0.05) is 30.3 Å². The molecule has 1 aliphatic rings. The zero-order valence-electron chi connectivity index (χ0n) is 20.9. The van der Waals surface area contributed by atoms with E-state index in [0.717, 1.165) is 10.8 Å². The standard InChI is InChI=1S/C26H23F2N7O3S/c1-13(36)29-19(7-14-5-16(27)8-17(28)6-14)22-18(15-3-4-21-32-33-24(37)35(21)10-15)9-20-23(30-22)31-25(39-20)34-11-26(2,38)12-34/h3-6,8-10,19,38H,7,11-12H2,1-2H3,(H,29,36)(H,33,37)/t19-/m0/s1. The molecule has 1 fully saturated rings. The summed E-state index contributed by atoms with van der Waals surface area (Å²) in [6, 6.07) is 7.78. The van der Waals surface area contributed by atoms with E-state index in [1.807, 2.05) is 11.0 Å². The Kier molecular flexibility index (Phi) is 5.92. The molecule has 0 aliphatic carbocycles. The number of rotatable bonds is 6. The number of β-amino-alcohol motifs (C(OH)–C–C–N with tert-alkyl or cyclic N) is 1. The molecule has 0 spiro atoms. The lowest BCUT2D eigenvalue weighted by Crippen LogP contribution is -2.60. The Morgan fingerprint density at radius 3 is 2.64 bits per heavy atom. The number of pyridine rings is 2. The van der Waals surface area contributed by atoms with Crippen molar-refractivity contribution in [2.75, 3.05) is 18.0 Å². The first-order chi connectivity index (χ1) is 18.5. The van der Waals surface area contributed by atoms with Gasteiger partial charge in [-0.05, 0) is 49.2 Å². The zero-order chi connectivity index (χ0) is 27.5. The van der Waals surface area contributed by atoms with E-state index < -0.39 is 29.0 Å². The molecule has 5 aromatic rings. The predicted octanol–water partition coefficient (Wildman–Crippen LogP) is 2.96. The molecule has 1 aliphatic heterocycles. The van der Waals surface area contributed by atoms with E-state index in [0.29, 0.717) is 51.9 Å². The topological polar surface area (TPSA) is 129 Å². The van der Waals surface area contributed by atoms with Crippen molar-refractivity contribution in [2.45, 2.75) is 31.9 Å². The van der Waals surface area contributed by atoms with Crippen LogP contribution in [0.4, 0.5) is 13.9 Å². The van der Waals surface area contributed by atoms with Crippen molar-refractivity contribution in [3.8, 4) is 11.1 Å². The van der Waals surface area contributed by atoms with Crippen molar-refractivity contribution in [2.24, 2.45) is 0 Å². The maximum Gasteiger partial charge on any atom is 0.347 e. The van der Waals surface area contributed by atoms with Crippen LogP contribution in [0.3, 0.4) is 0 Å². The second-order valence-corrected chi connectivity index (χ2v) is 11.0. The summed E-state index contributed by atoms with van der Waals surface area (Å²) in [5.74, 6) is -1.81. The second kappa shape index (κ2) is 9.20. The number of hydrogen-bond donors (Lipinski definition) is 3. The molecule has 39 heavy (non-hydrogen) atoms. The Hall–Kier alpha value is -4.23. The van der Waals surface area contributed by atoms with Crippen molar-refractivity contribution >= 4 is 38.4 Å². The number of fused-ring (bicyclic) bond motifs is 2. The van der Waals surface area contributed by atoms with Crippen molar-refractivity contribution in [3.63, 3.8) is 0 Å². The van der Waals surface area contributed by atoms with Crippen LogP contribution in [0.25, 0.3) is 27.1 Å². The Balaban J connectivity index is 1.52. The SMILES string of the molecule is CC(=O)N[C@@H](Cc1cc(F)cc(F)c1)c1nc2nc(N3CC(C)(O)C3)sc2cc1-c1ccc2n[nH]c(=O)n2c1. The van der Waals surface area contributed by atoms with E-state index in [1.54, 1.807) is 25.3 Å². The molecule has 0 bridgehead atoms. The lowest BCUT2D eigenvalue weighted by molar-refractivity contribution is -0.119. The Labute approximate surface area is 224 Å². The molecule has 3 N–H and O–H groups in total. The van der Waals surface area contributed by atoms with Crippen LogP contribution in [0.15, 0.2) is 47.4 Å². The Morgan fingerprint density at radius 2 is 1.95 bits per heavy atom. The number of carbonyl (C=O) groups is 1. The van der Waals surface area contributed by atoms with Gasteiger partial charge in [-0.2, -0.15) is 10.1 Å². The third-order valence-corrected chi connectivity index (χ3v) is 7.58. The molecule has 0 saturated carbocycles. The highest BCUT2D eigenvalue weighted by Crippen LogP contribution is 2.38. The number of anilines is 1. The van der Waals surface area contributed by atoms with Crippen LogP contribution in [-0.2, 0) is 11.2 Å². The molecule has 1 atom stereocenters. The van der Waals surface area contributed by atoms with Crippen molar-refractivity contribution in [1.29, 1.82) is 0 Å². The smallest absolute Gasteiger partial charge is 0.347 e. The number of halogens is 2. The van der Waals surface area contributed by atoms with E-state index in [4.69, 9.17) is 4.98 Å². The number of thiazole rings is 1. The minimum absolute atomic E-state index is 0.0552. The number of nitrogens with zero attached hydrogens (tertiary/aromatic N) is 5. The van der Waals surface area contributed by atoms with E-state index in [2.05, 4.69) is 20.5 Å². The molecule has 13 heteroatoms. The summed E-state index contributed by atoms with van der Waals surface area (Å²) in [5, 5.41) is 20.1. The van der Waals surface area contributed by atoms with Gasteiger partial charge in [-0.3, -0.25) is 4.79 Å². The molecule has 1 saturated heterocycles. The van der Waals surface area contributed by atoms with Crippen LogP contribution >= 0.6 is 11.3 Å². The van der Waals surface area contributed by atoms with E-state index in [-0.39, 0.29) is 12.3 Å². The number of H-pyrrole nitrogens is 1. The summed E-state index contributed by atoms with van der Waals surface area (Å²) in [6.07, 6.45) is 1.68. The number of carbonyl (C=O) groups excluding carboxylic acids is 1. The third-order valence-electron chi connectivity index (χ3n) is 6.53. The largest absolute Gasteiger partial charge is 0.386 e. The molecule has 0 radical (unpaired) electrons. The van der Waals surface area contributed by atoms with Crippen LogP contribution in [0.5, 0.6) is 0 Å². The van der Waals surface area contributed by atoms with Crippen molar-refractivity contribution in [1.82, 2.24) is 29.9 Å². The van der Waals surface area contributed by atoms with Crippen LogP contribution in [0.2, 0.25) is 0 Å². The van der Waals surface area contributed by atoms with Crippen molar-refractivity contribution < 1.29 is 18.7 Å². The number of hydrogen-bond acceptors (Lipinski definition) is 8. The molecule has 200 valence electrons. The highest BCUT2D eigenvalue weighted by Gasteiger charge is 2.38. The van der Waals surface area contributed by atoms with Gasteiger partial charge in [0.15, 0.2) is 16.4 Å². The lowest BCUT2D eigenvalue weighted by atomic mass is 9.96. The normalized spacial score (nSPS) is 15.5. The second-order valence-electron chi connectivity index (χ2n) is 10.0. The summed E-state index contributed by atoms with van der Waals surface area (Å²) in [7, 11) is 0. The fourth-order valence-corrected chi connectivity index (χ4v) is 5.85. The monoisotopic (exact) mass is 551 g/mol. The average Bonchev–Trinajstić information content (AvgIpc) is 3.43. The van der Waals surface area contributed by atoms with Gasteiger partial charge in [0.1, 0.15) is 11.6 Å². The number of aliphatic hydroxyl groups is 1. The first kappa shape index (κ1) is 25.1. The fraction of sp³-hybridized carbons (Fsp3) is 0.269. The average molecular weight is 552 g/mol. The predicted molar refractivity (Wildman–Crippen MR) is 142 cm³/mol. The summed E-state index contributed by atoms with van der Waals surface area (Å²) < 4.78 is 30.1. The van der Waals surface area contributed by atoms with E-state index in [1.165, 1.54) is 34.8 Å². The Bertz CT molecular complexity index is 1780. The van der Waals surface area contributed by atoms with Crippen molar-refractivity contribution in [3.05, 3.63) is 76.0 Å². The first-order valence-electron chi connectivity index (χ1n) is 12.1. The highest BCUT2D eigenvalue weighted by atomic mass is 32.1. The van der Waals surface area contributed by atoms with Crippen LogP contribution < -0.4 is 15.9 Å². The molecular formula is C26H23F2N7O3S. The summed E-state index contributed by atoms with van der Waals surface area (Å²) >= 11 is 1.41. The van der Waals surface area contributed by atoms with Crippen LogP contribution in [0, 0.1) is 11.6 Å². The molecule has 1 aromatic carbocycles. The number of aromatic nitrogens is 5. The molecule has 5 heterocycles. The summed E-state index contributed by atoms with van der Waals surface area (Å²) in [5.41, 5.74) is 1.65. The number of benzene rings is 1. The third kappa shape index (κ3) is 4.86. The van der Waals surface area contributed by atoms with Gasteiger partial charge in [0.05, 0.1) is 35.1 Å². The number of amides is 1.